The number of nitrogens with one attached hydrogen (secondary N) is 1. The number of aromatic nitrogens is 2. The van der Waals surface area contributed by atoms with Crippen LogP contribution >= 0.6 is 0 Å². The summed E-state index contributed by atoms with van der Waals surface area (Å²) in [5.74, 6) is -0.790. The zero-order valence-electron chi connectivity index (χ0n) is 13.1. The number of anilines is 2. The molecule has 0 saturated carbocycles. The summed E-state index contributed by atoms with van der Waals surface area (Å²) in [6, 6.07) is 4.74. The van der Waals surface area contributed by atoms with Crippen molar-refractivity contribution in [1.29, 1.82) is 0 Å². The quantitative estimate of drug-likeness (QED) is 0.740. The number of carbonyl (C=O) groups excluding carboxylic acids is 1. The van der Waals surface area contributed by atoms with Crippen LogP contribution < -0.4 is 11.1 Å². The van der Waals surface area contributed by atoms with E-state index in [1.807, 2.05) is 0 Å². The van der Waals surface area contributed by atoms with E-state index in [4.69, 9.17) is 5.73 Å². The molecule has 2 atom stereocenters. The van der Waals surface area contributed by atoms with E-state index in [9.17, 15) is 14.3 Å². The summed E-state index contributed by atoms with van der Waals surface area (Å²) >= 11 is 0. The molecule has 1 aliphatic carbocycles. The van der Waals surface area contributed by atoms with E-state index in [1.165, 1.54) is 10.7 Å². The van der Waals surface area contributed by atoms with Crippen LogP contribution in [-0.4, -0.2) is 33.4 Å². The first-order valence-electron chi connectivity index (χ1n) is 8.17. The number of hydrogen-bond donors (Lipinski definition) is 3. The van der Waals surface area contributed by atoms with Gasteiger partial charge in [0.1, 0.15) is 11.6 Å². The van der Waals surface area contributed by atoms with Crippen LogP contribution in [0.5, 0.6) is 0 Å². The summed E-state index contributed by atoms with van der Waals surface area (Å²) in [5.41, 5.74) is 8.68. The van der Waals surface area contributed by atoms with E-state index in [0.29, 0.717) is 49.3 Å². The van der Waals surface area contributed by atoms with Crippen molar-refractivity contribution in [3.05, 3.63) is 40.8 Å². The van der Waals surface area contributed by atoms with E-state index in [-0.39, 0.29) is 11.7 Å². The monoisotopic (exact) mass is 330 g/mol. The lowest BCUT2D eigenvalue weighted by atomic mass is 9.90. The highest BCUT2D eigenvalue weighted by Gasteiger charge is 2.33. The van der Waals surface area contributed by atoms with Gasteiger partial charge in [-0.15, -0.1) is 0 Å². The fourth-order valence-corrected chi connectivity index (χ4v) is 3.66. The van der Waals surface area contributed by atoms with Gasteiger partial charge in [-0.25, -0.2) is 4.39 Å². The number of aliphatic hydroxyl groups is 1. The minimum atomic E-state index is -0.481. The van der Waals surface area contributed by atoms with Gasteiger partial charge in [-0.1, -0.05) is 12.1 Å². The molecule has 0 radical (unpaired) electrons. The zero-order chi connectivity index (χ0) is 16.8. The van der Waals surface area contributed by atoms with Gasteiger partial charge in [0.25, 0.3) is 5.91 Å². The van der Waals surface area contributed by atoms with Crippen molar-refractivity contribution >= 4 is 17.4 Å². The molecule has 4 N–H and O–H groups in total. The summed E-state index contributed by atoms with van der Waals surface area (Å²) in [4.78, 5) is 13.0. The summed E-state index contributed by atoms with van der Waals surface area (Å²) in [7, 11) is 0. The lowest BCUT2D eigenvalue weighted by Crippen LogP contribution is -2.29. The molecule has 0 fully saturated rings. The lowest BCUT2D eigenvalue weighted by Gasteiger charge is -2.26. The number of halogens is 1. The first kappa shape index (κ1) is 15.1. The number of para-hydroxylation sites is 1. The SMILES string of the molecule is Nc1c2c(nn1C(=O)C1CCNc3c(F)cccc31)CC[C@@H](O)C2. The van der Waals surface area contributed by atoms with Crippen LogP contribution in [0.4, 0.5) is 15.9 Å². The van der Waals surface area contributed by atoms with Crippen LogP contribution in [0.2, 0.25) is 0 Å². The van der Waals surface area contributed by atoms with Gasteiger partial charge < -0.3 is 16.2 Å². The van der Waals surface area contributed by atoms with Crippen LogP contribution in [0.25, 0.3) is 0 Å². The number of fused-ring (bicyclic) bond motifs is 2. The molecule has 24 heavy (non-hydrogen) atoms. The van der Waals surface area contributed by atoms with Crippen molar-refractivity contribution in [2.24, 2.45) is 0 Å². The van der Waals surface area contributed by atoms with E-state index in [1.54, 1.807) is 12.1 Å². The maximum absolute atomic E-state index is 14.0. The molecule has 2 aromatic rings. The second-order valence-electron chi connectivity index (χ2n) is 6.43. The molecule has 0 amide bonds. The Kier molecular flexibility index (Phi) is 3.53. The van der Waals surface area contributed by atoms with E-state index >= 15 is 0 Å². The van der Waals surface area contributed by atoms with E-state index in [0.717, 1.165) is 11.3 Å². The van der Waals surface area contributed by atoms with Gasteiger partial charge in [0.15, 0.2) is 0 Å². The first-order chi connectivity index (χ1) is 11.6. The van der Waals surface area contributed by atoms with Gasteiger partial charge in [0.05, 0.1) is 23.4 Å². The largest absolute Gasteiger partial charge is 0.393 e. The summed E-state index contributed by atoms with van der Waals surface area (Å²) in [6.07, 6.45) is 1.77. The Morgan fingerprint density at radius 1 is 1.42 bits per heavy atom. The fraction of sp³-hybridized carbons (Fsp3) is 0.412. The number of aliphatic hydroxyl groups excluding tert-OH is 1. The van der Waals surface area contributed by atoms with Crippen molar-refractivity contribution in [3.8, 4) is 0 Å². The second-order valence-corrected chi connectivity index (χ2v) is 6.43. The number of nitrogen functional groups attached to an aromatic ring is 1. The smallest absolute Gasteiger partial charge is 0.256 e. The second kappa shape index (κ2) is 5.59. The molecule has 2 aliphatic rings. The number of benzene rings is 1. The van der Waals surface area contributed by atoms with Gasteiger partial charge in [-0.05, 0) is 30.9 Å². The van der Waals surface area contributed by atoms with Gasteiger partial charge in [0, 0.05) is 18.5 Å². The topological polar surface area (TPSA) is 93.2 Å². The highest BCUT2D eigenvalue weighted by atomic mass is 19.1. The predicted octanol–water partition coefficient (Wildman–Crippen LogP) is 1.69. The maximum atomic E-state index is 14.0. The van der Waals surface area contributed by atoms with Gasteiger partial charge >= 0.3 is 0 Å². The molecule has 6 nitrogen and oxygen atoms in total. The summed E-state index contributed by atoms with van der Waals surface area (Å²) < 4.78 is 15.2. The van der Waals surface area contributed by atoms with Crippen LogP contribution in [0.3, 0.4) is 0 Å². The van der Waals surface area contributed by atoms with Crippen molar-refractivity contribution < 1.29 is 14.3 Å². The molecule has 1 aromatic heterocycles. The van der Waals surface area contributed by atoms with Crippen LogP contribution in [0.1, 0.15) is 40.4 Å². The standard InChI is InChI=1S/C17H19FN4O2/c18-13-3-1-2-10-11(6-7-20-15(10)13)17(24)22-16(19)12-8-9(23)4-5-14(12)21-22/h1-3,9,11,20,23H,4-8,19H2/t9-,11?/m1/s1. The predicted molar refractivity (Wildman–Crippen MR) is 87.5 cm³/mol. The Balaban J connectivity index is 1.73. The molecule has 1 unspecified atom stereocenters. The molecule has 1 aliphatic heterocycles. The van der Waals surface area contributed by atoms with Crippen molar-refractivity contribution in [1.82, 2.24) is 9.78 Å². The maximum Gasteiger partial charge on any atom is 0.256 e. The number of rotatable bonds is 1. The molecule has 4 rings (SSSR count). The number of carbonyl (C=O) groups is 1. The molecule has 0 bridgehead atoms. The lowest BCUT2D eigenvalue weighted by molar-refractivity contribution is 0.0859. The van der Waals surface area contributed by atoms with Crippen LogP contribution in [0.15, 0.2) is 18.2 Å². The van der Waals surface area contributed by atoms with Crippen LogP contribution in [0, 0.1) is 5.82 Å². The Hall–Kier alpha value is -2.41. The third kappa shape index (κ3) is 2.27. The minimum Gasteiger partial charge on any atom is -0.393 e. The average molecular weight is 330 g/mol. The number of aryl methyl sites for hydroxylation is 1. The zero-order valence-corrected chi connectivity index (χ0v) is 13.1. The van der Waals surface area contributed by atoms with Crippen LogP contribution in [-0.2, 0) is 12.8 Å². The summed E-state index contributed by atoms with van der Waals surface area (Å²) in [5, 5.41) is 17.2. The molecule has 126 valence electrons. The van der Waals surface area contributed by atoms with Crippen molar-refractivity contribution in [2.75, 3.05) is 17.6 Å². The first-order valence-corrected chi connectivity index (χ1v) is 8.17. The Morgan fingerprint density at radius 2 is 2.25 bits per heavy atom. The third-order valence-corrected chi connectivity index (χ3v) is 4.92. The minimum absolute atomic E-state index is 0.246. The Morgan fingerprint density at radius 3 is 3.08 bits per heavy atom. The number of hydrogen-bond acceptors (Lipinski definition) is 5. The molecule has 7 heteroatoms. The Bertz CT molecular complexity index is 817. The molecular weight excluding hydrogens is 311 g/mol. The van der Waals surface area contributed by atoms with Crippen molar-refractivity contribution in [2.45, 2.75) is 37.7 Å². The highest BCUT2D eigenvalue weighted by Crippen LogP contribution is 2.35. The highest BCUT2D eigenvalue weighted by molar-refractivity contribution is 5.90. The molecule has 0 saturated heterocycles. The average Bonchev–Trinajstić information content (AvgIpc) is 2.91. The van der Waals surface area contributed by atoms with Crippen molar-refractivity contribution in [3.63, 3.8) is 0 Å². The van der Waals surface area contributed by atoms with Gasteiger partial charge in [-0.2, -0.15) is 9.78 Å². The molecular formula is C17H19FN4O2. The fourth-order valence-electron chi connectivity index (χ4n) is 3.66. The molecule has 2 heterocycles. The van der Waals surface area contributed by atoms with E-state index < -0.39 is 12.0 Å². The number of nitrogens with two attached hydrogens (primary N) is 1. The molecule has 1 aromatic carbocycles. The summed E-state index contributed by atoms with van der Waals surface area (Å²) in [6.45, 7) is 0.518. The van der Waals surface area contributed by atoms with Gasteiger partial charge in [-0.3, -0.25) is 4.79 Å². The Labute approximate surface area is 138 Å². The molecule has 0 spiro atoms. The van der Waals surface area contributed by atoms with E-state index in [2.05, 4.69) is 10.4 Å². The third-order valence-electron chi connectivity index (χ3n) is 4.92. The normalized spacial score (nSPS) is 22.4. The van der Waals surface area contributed by atoms with Gasteiger partial charge in [0.2, 0.25) is 0 Å². The number of nitrogens with zero attached hydrogens (tertiary/aromatic N) is 2.